The van der Waals surface area contributed by atoms with Crippen LogP contribution in [-0.2, 0) is 18.3 Å². The third-order valence-electron chi connectivity index (χ3n) is 4.04. The van der Waals surface area contributed by atoms with Gasteiger partial charge < -0.3 is 13.7 Å². The molecule has 0 aliphatic carbocycles. The molecule has 1 aliphatic rings. The highest BCUT2D eigenvalue weighted by molar-refractivity contribution is 5.47. The van der Waals surface area contributed by atoms with Crippen molar-refractivity contribution in [3.63, 3.8) is 0 Å². The molecule has 1 aliphatic heterocycles. The maximum absolute atomic E-state index is 5.84. The third kappa shape index (κ3) is 2.33. The van der Waals surface area contributed by atoms with E-state index in [1.807, 2.05) is 46.9 Å². The summed E-state index contributed by atoms with van der Waals surface area (Å²) in [5.74, 6) is 1.36. The summed E-state index contributed by atoms with van der Waals surface area (Å²) in [5, 5.41) is 12.6. The molecule has 0 radical (unpaired) electrons. The molecular formula is C15H17N5O2. The second-order valence-electron chi connectivity index (χ2n) is 5.52. The van der Waals surface area contributed by atoms with E-state index in [2.05, 4.69) is 15.3 Å². The van der Waals surface area contributed by atoms with Crippen LogP contribution in [0.25, 0.3) is 11.6 Å². The fraction of sp³-hybridized carbons (Fsp3) is 0.400. The van der Waals surface area contributed by atoms with Crippen LogP contribution in [0.5, 0.6) is 0 Å². The van der Waals surface area contributed by atoms with E-state index < -0.39 is 0 Å². The van der Waals surface area contributed by atoms with E-state index in [-0.39, 0.29) is 6.10 Å². The van der Waals surface area contributed by atoms with Gasteiger partial charge in [-0.05, 0) is 24.6 Å². The molecule has 0 amide bonds. The van der Waals surface area contributed by atoms with E-state index in [0.717, 1.165) is 18.7 Å². The molecule has 114 valence electrons. The predicted molar refractivity (Wildman–Crippen MR) is 77.7 cm³/mol. The van der Waals surface area contributed by atoms with Gasteiger partial charge in [0, 0.05) is 44.7 Å². The number of ether oxygens (including phenoxy) is 1. The van der Waals surface area contributed by atoms with Gasteiger partial charge in [0.15, 0.2) is 0 Å². The van der Waals surface area contributed by atoms with Gasteiger partial charge in [0.05, 0.1) is 0 Å². The molecule has 3 aromatic heterocycles. The first-order valence-electron chi connectivity index (χ1n) is 7.35. The zero-order valence-electron chi connectivity index (χ0n) is 12.3. The Hall–Kier alpha value is -2.41. The average Bonchev–Trinajstić information content (AvgIpc) is 3.24. The summed E-state index contributed by atoms with van der Waals surface area (Å²) in [7, 11) is 1.95. The second-order valence-corrected chi connectivity index (χ2v) is 5.52. The Bertz CT molecular complexity index is 746. The Morgan fingerprint density at radius 1 is 1.27 bits per heavy atom. The summed E-state index contributed by atoms with van der Waals surface area (Å²) in [6, 6.07) is 5.82. The third-order valence-corrected chi connectivity index (χ3v) is 4.04. The summed E-state index contributed by atoms with van der Waals surface area (Å²) in [4.78, 5) is 0. The van der Waals surface area contributed by atoms with Crippen LogP contribution in [0.4, 0.5) is 0 Å². The number of rotatable bonds is 4. The lowest BCUT2D eigenvalue weighted by Gasteiger charge is -2.14. The Morgan fingerprint density at radius 2 is 2.23 bits per heavy atom. The lowest BCUT2D eigenvalue weighted by Crippen LogP contribution is -2.15. The van der Waals surface area contributed by atoms with E-state index in [0.29, 0.717) is 24.3 Å². The van der Waals surface area contributed by atoms with Crippen molar-refractivity contribution < 1.29 is 9.15 Å². The Labute approximate surface area is 127 Å². The lowest BCUT2D eigenvalue weighted by molar-refractivity contribution is 0.0633. The van der Waals surface area contributed by atoms with Crippen molar-refractivity contribution >= 4 is 0 Å². The molecule has 0 unspecified atom stereocenters. The molecular weight excluding hydrogens is 282 g/mol. The van der Waals surface area contributed by atoms with Gasteiger partial charge in [-0.15, -0.1) is 10.2 Å². The van der Waals surface area contributed by atoms with Crippen LogP contribution < -0.4 is 0 Å². The van der Waals surface area contributed by atoms with Crippen molar-refractivity contribution in [2.24, 2.45) is 13.0 Å². The first kappa shape index (κ1) is 13.3. The standard InChI is InChI=1S/C15H17N5O2/c1-19-7-2-4-12(19)14-17-18-15(22-14)13-11(5-9-21-13)10-20-8-3-6-16-20/h2-4,6-8,11,13H,5,9-10H2,1H3/t11-,13-/m0/s1. The van der Waals surface area contributed by atoms with Crippen molar-refractivity contribution in [3.05, 3.63) is 42.7 Å². The number of aryl methyl sites for hydroxylation is 1. The van der Waals surface area contributed by atoms with Gasteiger partial charge in [-0.2, -0.15) is 5.10 Å². The topological polar surface area (TPSA) is 70.9 Å². The van der Waals surface area contributed by atoms with E-state index in [1.54, 1.807) is 6.20 Å². The summed E-state index contributed by atoms with van der Waals surface area (Å²) >= 11 is 0. The minimum Gasteiger partial charge on any atom is -0.416 e. The van der Waals surface area contributed by atoms with Gasteiger partial charge in [-0.25, -0.2) is 0 Å². The first-order chi connectivity index (χ1) is 10.8. The molecule has 4 heterocycles. The van der Waals surface area contributed by atoms with Crippen LogP contribution >= 0.6 is 0 Å². The molecule has 4 rings (SSSR count). The zero-order chi connectivity index (χ0) is 14.9. The van der Waals surface area contributed by atoms with Crippen molar-refractivity contribution in [2.45, 2.75) is 19.1 Å². The summed E-state index contributed by atoms with van der Waals surface area (Å²) in [6.07, 6.45) is 6.49. The molecule has 0 spiro atoms. The molecule has 2 atom stereocenters. The molecule has 3 aromatic rings. The number of aromatic nitrogens is 5. The van der Waals surface area contributed by atoms with Gasteiger partial charge in [0.1, 0.15) is 11.8 Å². The summed E-state index contributed by atoms with van der Waals surface area (Å²) in [5.41, 5.74) is 0.903. The molecule has 7 heteroatoms. The SMILES string of the molecule is Cn1cccc1-c1nnc([C@H]2OCC[C@H]2Cn2cccn2)o1. The van der Waals surface area contributed by atoms with Gasteiger partial charge in [-0.1, -0.05) is 0 Å². The number of hydrogen-bond acceptors (Lipinski definition) is 5. The molecule has 1 fully saturated rings. The fourth-order valence-electron chi connectivity index (χ4n) is 2.88. The second kappa shape index (κ2) is 5.42. The zero-order valence-corrected chi connectivity index (χ0v) is 12.3. The maximum atomic E-state index is 5.84. The molecule has 0 bridgehead atoms. The molecule has 0 N–H and O–H groups in total. The van der Waals surface area contributed by atoms with Gasteiger partial charge >= 0.3 is 0 Å². The molecule has 7 nitrogen and oxygen atoms in total. The average molecular weight is 299 g/mol. The van der Waals surface area contributed by atoms with Crippen LogP contribution in [0.3, 0.4) is 0 Å². The van der Waals surface area contributed by atoms with E-state index in [9.17, 15) is 0 Å². The minimum absolute atomic E-state index is 0.161. The first-order valence-corrected chi connectivity index (χ1v) is 7.35. The van der Waals surface area contributed by atoms with Crippen molar-refractivity contribution in [1.82, 2.24) is 24.5 Å². The highest BCUT2D eigenvalue weighted by atomic mass is 16.5. The van der Waals surface area contributed by atoms with Crippen LogP contribution in [0.1, 0.15) is 18.4 Å². The Morgan fingerprint density at radius 3 is 3.00 bits per heavy atom. The normalized spacial score (nSPS) is 21.5. The molecule has 0 aromatic carbocycles. The summed E-state index contributed by atoms with van der Waals surface area (Å²) < 4.78 is 15.5. The maximum Gasteiger partial charge on any atom is 0.264 e. The monoisotopic (exact) mass is 299 g/mol. The van der Waals surface area contributed by atoms with Gasteiger partial charge in [0.25, 0.3) is 5.89 Å². The van der Waals surface area contributed by atoms with Crippen molar-refractivity contribution in [2.75, 3.05) is 6.61 Å². The molecule has 1 saturated heterocycles. The number of hydrogen-bond donors (Lipinski definition) is 0. The van der Waals surface area contributed by atoms with Crippen LogP contribution in [0.15, 0.2) is 41.2 Å². The van der Waals surface area contributed by atoms with Gasteiger partial charge in [-0.3, -0.25) is 4.68 Å². The summed E-state index contributed by atoms with van der Waals surface area (Å²) in [6.45, 7) is 1.50. The predicted octanol–water partition coefficient (Wildman–Crippen LogP) is 2.05. The quantitative estimate of drug-likeness (QED) is 0.737. The molecule has 0 saturated carbocycles. The van der Waals surface area contributed by atoms with Crippen LogP contribution in [0.2, 0.25) is 0 Å². The fourth-order valence-corrected chi connectivity index (χ4v) is 2.88. The van der Waals surface area contributed by atoms with E-state index in [1.165, 1.54) is 0 Å². The number of nitrogens with zero attached hydrogens (tertiary/aromatic N) is 5. The highest BCUT2D eigenvalue weighted by Crippen LogP contribution is 2.35. The van der Waals surface area contributed by atoms with Crippen molar-refractivity contribution in [1.29, 1.82) is 0 Å². The Kier molecular flexibility index (Phi) is 3.27. The van der Waals surface area contributed by atoms with E-state index >= 15 is 0 Å². The van der Waals surface area contributed by atoms with E-state index in [4.69, 9.17) is 9.15 Å². The highest BCUT2D eigenvalue weighted by Gasteiger charge is 2.34. The molecule has 22 heavy (non-hydrogen) atoms. The van der Waals surface area contributed by atoms with Crippen LogP contribution in [-0.4, -0.2) is 31.2 Å². The lowest BCUT2D eigenvalue weighted by atomic mass is 10.0. The van der Waals surface area contributed by atoms with Crippen molar-refractivity contribution in [3.8, 4) is 11.6 Å². The van der Waals surface area contributed by atoms with Gasteiger partial charge in [0.2, 0.25) is 5.89 Å². The van der Waals surface area contributed by atoms with Crippen LogP contribution in [0, 0.1) is 5.92 Å². The smallest absolute Gasteiger partial charge is 0.264 e. The Balaban J connectivity index is 1.56. The largest absolute Gasteiger partial charge is 0.416 e. The minimum atomic E-state index is -0.161.